The molecule has 0 heterocycles. The van der Waals surface area contributed by atoms with Gasteiger partial charge in [-0.1, -0.05) is 42.3 Å². The van der Waals surface area contributed by atoms with Crippen LogP contribution in [0, 0.1) is 5.82 Å². The van der Waals surface area contributed by atoms with Crippen molar-refractivity contribution in [2.75, 3.05) is 5.75 Å². The van der Waals surface area contributed by atoms with Crippen molar-refractivity contribution >= 4 is 33.0 Å². The van der Waals surface area contributed by atoms with Crippen LogP contribution in [0.25, 0.3) is 0 Å². The van der Waals surface area contributed by atoms with Crippen LogP contribution >= 0.6 is 23.2 Å². The molecule has 1 unspecified atom stereocenters. The number of aliphatic hydroxyl groups excluding tert-OH is 1. The van der Waals surface area contributed by atoms with Gasteiger partial charge >= 0.3 is 0 Å². The number of benzene rings is 1. The van der Waals surface area contributed by atoms with Crippen molar-refractivity contribution in [3.8, 4) is 0 Å². The Bertz CT molecular complexity index is 485. The van der Waals surface area contributed by atoms with Gasteiger partial charge in [0.15, 0.2) is 9.84 Å². The van der Waals surface area contributed by atoms with Crippen LogP contribution in [0.1, 0.15) is 18.6 Å². The van der Waals surface area contributed by atoms with Crippen molar-refractivity contribution in [1.29, 1.82) is 0 Å². The third-order valence-electron chi connectivity index (χ3n) is 2.30. The summed E-state index contributed by atoms with van der Waals surface area (Å²) >= 11 is 11.4. The van der Waals surface area contributed by atoms with E-state index >= 15 is 0 Å². The maximum absolute atomic E-state index is 12.7. The van der Waals surface area contributed by atoms with Gasteiger partial charge in [-0.15, -0.1) is 0 Å². The minimum absolute atomic E-state index is 0.133. The first kappa shape index (κ1) is 14.7. The number of rotatable bonds is 4. The number of aliphatic hydroxyl groups is 1. The Morgan fingerprint density at radius 1 is 1.35 bits per heavy atom. The van der Waals surface area contributed by atoms with Crippen molar-refractivity contribution in [1.82, 2.24) is 0 Å². The van der Waals surface area contributed by atoms with E-state index in [2.05, 4.69) is 0 Å². The molecule has 1 aromatic rings. The molecule has 0 saturated carbocycles. The van der Waals surface area contributed by atoms with Crippen molar-refractivity contribution in [2.24, 2.45) is 0 Å². The summed E-state index contributed by atoms with van der Waals surface area (Å²) in [5.74, 6) is -0.813. The van der Waals surface area contributed by atoms with Crippen molar-refractivity contribution in [2.45, 2.75) is 16.7 Å². The molecule has 96 valence electrons. The predicted octanol–water partition coefficient (Wildman–Crippen LogP) is 2.43. The Labute approximate surface area is 109 Å². The maximum atomic E-state index is 12.7. The van der Waals surface area contributed by atoms with Gasteiger partial charge < -0.3 is 5.11 Å². The highest BCUT2D eigenvalue weighted by molar-refractivity contribution is 7.95. The fourth-order valence-electron chi connectivity index (χ4n) is 1.20. The third kappa shape index (κ3) is 2.91. The molecule has 1 N–H and O–H groups in total. The van der Waals surface area contributed by atoms with E-state index < -0.39 is 25.4 Å². The monoisotopic (exact) mass is 300 g/mol. The molecule has 17 heavy (non-hydrogen) atoms. The van der Waals surface area contributed by atoms with E-state index in [1.54, 1.807) is 0 Å². The molecule has 1 rings (SSSR count). The molecule has 0 aromatic heterocycles. The lowest BCUT2D eigenvalue weighted by molar-refractivity contribution is 0.181. The van der Waals surface area contributed by atoms with Gasteiger partial charge in [-0.05, 0) is 17.7 Å². The highest BCUT2D eigenvalue weighted by atomic mass is 35.5. The standard InChI is InChI=1S/C10H11Cl2FO3S/c1-2-17(15,16)10(11,12)9(14)7-3-5-8(13)6-4-7/h3-6,9,14H,2H2,1H3. The second-order valence-corrected chi connectivity index (χ2v) is 7.70. The Hall–Kier alpha value is -0.360. The molecule has 0 radical (unpaired) electrons. The van der Waals surface area contributed by atoms with E-state index in [-0.39, 0.29) is 11.3 Å². The number of sulfone groups is 1. The van der Waals surface area contributed by atoms with Gasteiger partial charge in [0.05, 0.1) is 5.75 Å². The van der Waals surface area contributed by atoms with Gasteiger partial charge in [-0.3, -0.25) is 0 Å². The summed E-state index contributed by atoms with van der Waals surface area (Å²) in [4.78, 5) is 0. The zero-order chi connectivity index (χ0) is 13.3. The second-order valence-electron chi connectivity index (χ2n) is 3.42. The molecule has 0 amide bonds. The summed E-state index contributed by atoms with van der Waals surface area (Å²) in [7, 11) is -3.87. The van der Waals surface area contributed by atoms with Crippen LogP contribution in [0.3, 0.4) is 0 Å². The summed E-state index contributed by atoms with van der Waals surface area (Å²) in [6.45, 7) is 1.37. The molecule has 1 atom stereocenters. The molecule has 0 bridgehead atoms. The van der Waals surface area contributed by atoms with Gasteiger partial charge in [-0.25, -0.2) is 12.8 Å². The molecule has 0 fully saturated rings. The first-order valence-corrected chi connectivity index (χ1v) is 7.17. The zero-order valence-electron chi connectivity index (χ0n) is 8.90. The summed E-state index contributed by atoms with van der Waals surface area (Å²) < 4.78 is 33.5. The largest absolute Gasteiger partial charge is 0.384 e. The summed E-state index contributed by atoms with van der Waals surface area (Å²) in [5.41, 5.74) is 0.133. The summed E-state index contributed by atoms with van der Waals surface area (Å²) in [6, 6.07) is 4.62. The van der Waals surface area contributed by atoms with Gasteiger partial charge in [0, 0.05) is 0 Å². The van der Waals surface area contributed by atoms with Crippen molar-refractivity contribution in [3.05, 3.63) is 35.6 Å². The third-order valence-corrected chi connectivity index (χ3v) is 5.94. The highest BCUT2D eigenvalue weighted by Gasteiger charge is 2.46. The summed E-state index contributed by atoms with van der Waals surface area (Å²) in [5, 5.41) is 9.84. The quantitative estimate of drug-likeness (QED) is 0.869. The fourth-order valence-corrected chi connectivity index (χ4v) is 2.97. The molecular formula is C10H11Cl2FO3S. The smallest absolute Gasteiger partial charge is 0.247 e. The van der Waals surface area contributed by atoms with Crippen molar-refractivity contribution < 1.29 is 17.9 Å². The van der Waals surface area contributed by atoms with Crippen LogP contribution in [-0.2, 0) is 9.84 Å². The number of hydrogen-bond donors (Lipinski definition) is 1. The second kappa shape index (κ2) is 5.10. The van der Waals surface area contributed by atoms with E-state index in [0.29, 0.717) is 0 Å². The molecule has 3 nitrogen and oxygen atoms in total. The Morgan fingerprint density at radius 3 is 2.24 bits per heavy atom. The highest BCUT2D eigenvalue weighted by Crippen LogP contribution is 2.41. The van der Waals surface area contributed by atoms with Crippen LogP contribution < -0.4 is 0 Å². The first-order valence-electron chi connectivity index (χ1n) is 4.76. The van der Waals surface area contributed by atoms with E-state index in [1.807, 2.05) is 0 Å². The van der Waals surface area contributed by atoms with Crippen LogP contribution in [0.15, 0.2) is 24.3 Å². The number of hydrogen-bond acceptors (Lipinski definition) is 3. The Balaban J connectivity index is 3.12. The van der Waals surface area contributed by atoms with E-state index in [4.69, 9.17) is 23.2 Å². The first-order chi connectivity index (χ1) is 7.72. The lowest BCUT2D eigenvalue weighted by Crippen LogP contribution is -2.34. The SMILES string of the molecule is CCS(=O)(=O)C(Cl)(Cl)C(O)c1ccc(F)cc1. The van der Waals surface area contributed by atoms with Crippen LogP contribution in [-0.4, -0.2) is 22.9 Å². The van der Waals surface area contributed by atoms with Gasteiger partial charge in [0.2, 0.25) is 3.67 Å². The Kier molecular flexibility index (Phi) is 4.41. The van der Waals surface area contributed by atoms with E-state index in [1.165, 1.54) is 19.1 Å². The average Bonchev–Trinajstić information content (AvgIpc) is 2.28. The minimum atomic E-state index is -3.87. The molecule has 0 aliphatic heterocycles. The average molecular weight is 301 g/mol. The van der Waals surface area contributed by atoms with Gasteiger partial charge in [0.1, 0.15) is 11.9 Å². The molecule has 7 heteroatoms. The lowest BCUT2D eigenvalue weighted by atomic mass is 10.1. The molecule has 0 spiro atoms. The zero-order valence-corrected chi connectivity index (χ0v) is 11.2. The molecular weight excluding hydrogens is 290 g/mol. The Morgan fingerprint density at radius 2 is 1.82 bits per heavy atom. The normalized spacial score (nSPS) is 14.6. The summed E-state index contributed by atoms with van der Waals surface area (Å²) in [6.07, 6.45) is -1.64. The fraction of sp³-hybridized carbons (Fsp3) is 0.400. The maximum Gasteiger partial charge on any atom is 0.247 e. The van der Waals surface area contributed by atoms with Gasteiger partial charge in [0.25, 0.3) is 0 Å². The van der Waals surface area contributed by atoms with E-state index in [9.17, 15) is 17.9 Å². The van der Waals surface area contributed by atoms with Crippen molar-refractivity contribution in [3.63, 3.8) is 0 Å². The number of alkyl halides is 2. The number of halogens is 3. The molecule has 0 aliphatic rings. The van der Waals surface area contributed by atoms with E-state index in [0.717, 1.165) is 12.1 Å². The topological polar surface area (TPSA) is 54.4 Å². The van der Waals surface area contributed by atoms with Crippen LogP contribution in [0.2, 0.25) is 0 Å². The minimum Gasteiger partial charge on any atom is -0.384 e. The molecule has 1 aromatic carbocycles. The predicted molar refractivity (Wildman–Crippen MR) is 65.3 cm³/mol. The lowest BCUT2D eigenvalue weighted by Gasteiger charge is -2.25. The van der Waals surface area contributed by atoms with Crippen LogP contribution in [0.5, 0.6) is 0 Å². The van der Waals surface area contributed by atoms with Crippen LogP contribution in [0.4, 0.5) is 4.39 Å². The molecule has 0 aliphatic carbocycles. The molecule has 0 saturated heterocycles. The van der Waals surface area contributed by atoms with Gasteiger partial charge in [-0.2, -0.15) is 0 Å².